The molecule has 0 spiro atoms. The molecular formula is C11H5F6N3S2. The fourth-order valence-electron chi connectivity index (χ4n) is 1.47. The van der Waals surface area contributed by atoms with Crippen LogP contribution in [-0.2, 0) is 6.18 Å². The van der Waals surface area contributed by atoms with Crippen LogP contribution >= 0.6 is 23.8 Å². The van der Waals surface area contributed by atoms with Crippen molar-refractivity contribution in [3.05, 3.63) is 40.2 Å². The number of nitrogens with one attached hydrogen (secondary N) is 1. The quantitative estimate of drug-likeness (QED) is 0.652. The molecule has 0 amide bonds. The van der Waals surface area contributed by atoms with Crippen molar-refractivity contribution in [3.63, 3.8) is 0 Å². The SMILES string of the molecule is Fc1cc(C(F)(F)F)ccc1NC(=S)c1snnc1C(F)F. The standard InChI is InChI=1S/C11H5F6N3S2/c12-5-3-4(11(15,16)17)1-2-6(5)18-10(21)8-7(9(13)14)19-20-22-8/h1-3,9H,(H,18,21). The summed E-state index contributed by atoms with van der Waals surface area (Å²) in [7, 11) is 0. The van der Waals surface area contributed by atoms with Crippen LogP contribution in [0.1, 0.15) is 22.6 Å². The second kappa shape index (κ2) is 6.16. The van der Waals surface area contributed by atoms with Crippen molar-refractivity contribution in [2.24, 2.45) is 0 Å². The van der Waals surface area contributed by atoms with Crippen LogP contribution in [-0.4, -0.2) is 14.6 Å². The van der Waals surface area contributed by atoms with E-state index in [1.807, 2.05) is 0 Å². The van der Waals surface area contributed by atoms with Crippen LogP contribution in [0, 0.1) is 5.82 Å². The molecule has 2 aromatic rings. The summed E-state index contributed by atoms with van der Waals surface area (Å²) in [6.07, 6.45) is -7.62. The van der Waals surface area contributed by atoms with E-state index in [9.17, 15) is 26.3 Å². The molecule has 0 aliphatic carbocycles. The Morgan fingerprint density at radius 1 is 1.27 bits per heavy atom. The van der Waals surface area contributed by atoms with Gasteiger partial charge in [-0.05, 0) is 29.7 Å². The Labute approximate surface area is 129 Å². The summed E-state index contributed by atoms with van der Waals surface area (Å²) in [5.74, 6) is -1.21. The molecule has 0 radical (unpaired) electrons. The van der Waals surface area contributed by atoms with E-state index >= 15 is 0 Å². The molecule has 0 atom stereocenters. The third kappa shape index (κ3) is 3.53. The summed E-state index contributed by atoms with van der Waals surface area (Å²) >= 11 is 5.40. The van der Waals surface area contributed by atoms with Gasteiger partial charge in [0.2, 0.25) is 0 Å². The number of hydrogen-bond acceptors (Lipinski definition) is 4. The maximum Gasteiger partial charge on any atom is 0.416 e. The van der Waals surface area contributed by atoms with Gasteiger partial charge in [-0.1, -0.05) is 16.7 Å². The lowest BCUT2D eigenvalue weighted by atomic mass is 10.2. The Kier molecular flexibility index (Phi) is 4.66. The van der Waals surface area contributed by atoms with Crippen LogP contribution in [0.2, 0.25) is 0 Å². The fourth-order valence-corrected chi connectivity index (χ4v) is 2.36. The minimum absolute atomic E-state index is 0.177. The predicted octanol–water partition coefficient (Wildman–Crippen LogP) is 4.42. The summed E-state index contributed by atoms with van der Waals surface area (Å²) in [6.45, 7) is 0. The van der Waals surface area contributed by atoms with E-state index in [2.05, 4.69) is 14.9 Å². The number of benzene rings is 1. The number of rotatable bonds is 3. The molecule has 0 aliphatic rings. The van der Waals surface area contributed by atoms with Gasteiger partial charge in [0.25, 0.3) is 6.43 Å². The van der Waals surface area contributed by atoms with Crippen LogP contribution < -0.4 is 5.32 Å². The monoisotopic (exact) mass is 357 g/mol. The Bertz CT molecular complexity index is 697. The van der Waals surface area contributed by atoms with Crippen LogP contribution in [0.5, 0.6) is 0 Å². The number of anilines is 1. The number of nitrogens with zero attached hydrogens (tertiary/aromatic N) is 2. The van der Waals surface area contributed by atoms with Crippen molar-refractivity contribution >= 4 is 34.4 Å². The number of hydrogen-bond donors (Lipinski definition) is 1. The Balaban J connectivity index is 2.24. The molecule has 0 saturated carbocycles. The van der Waals surface area contributed by atoms with Crippen molar-refractivity contribution in [1.29, 1.82) is 0 Å². The van der Waals surface area contributed by atoms with E-state index in [-0.39, 0.29) is 21.6 Å². The summed E-state index contributed by atoms with van der Waals surface area (Å²) in [5.41, 5.74) is -2.21. The molecule has 0 fully saturated rings. The summed E-state index contributed by atoms with van der Waals surface area (Å²) in [6, 6.07) is 1.75. The largest absolute Gasteiger partial charge is 0.416 e. The van der Waals surface area contributed by atoms with E-state index in [0.717, 1.165) is 6.07 Å². The molecular weight excluding hydrogens is 352 g/mol. The lowest BCUT2D eigenvalue weighted by Gasteiger charge is -2.11. The second-order valence-corrected chi connectivity index (χ2v) is 5.10. The van der Waals surface area contributed by atoms with Gasteiger partial charge in [-0.3, -0.25) is 0 Å². The number of aromatic nitrogens is 2. The fraction of sp³-hybridized carbons (Fsp3) is 0.182. The van der Waals surface area contributed by atoms with Crippen molar-refractivity contribution < 1.29 is 26.3 Å². The molecule has 1 heterocycles. The van der Waals surface area contributed by atoms with Crippen LogP contribution in [0.4, 0.5) is 32.0 Å². The molecule has 1 aromatic carbocycles. The van der Waals surface area contributed by atoms with Gasteiger partial charge in [0.15, 0.2) is 5.69 Å². The summed E-state index contributed by atoms with van der Waals surface area (Å²) < 4.78 is 79.5. The molecule has 0 aliphatic heterocycles. The van der Waals surface area contributed by atoms with Crippen LogP contribution in [0.15, 0.2) is 18.2 Å². The van der Waals surface area contributed by atoms with Gasteiger partial charge >= 0.3 is 6.18 Å². The smallest absolute Gasteiger partial charge is 0.343 e. The molecule has 0 saturated heterocycles. The molecule has 3 nitrogen and oxygen atoms in total. The van der Waals surface area contributed by atoms with Gasteiger partial charge in [0, 0.05) is 0 Å². The predicted molar refractivity (Wildman–Crippen MR) is 71.6 cm³/mol. The van der Waals surface area contributed by atoms with E-state index < -0.39 is 29.7 Å². The van der Waals surface area contributed by atoms with E-state index in [1.165, 1.54) is 0 Å². The zero-order chi connectivity index (χ0) is 16.5. The average Bonchev–Trinajstić information content (AvgIpc) is 2.89. The van der Waals surface area contributed by atoms with E-state index in [4.69, 9.17) is 12.2 Å². The first kappa shape index (κ1) is 16.6. The van der Waals surface area contributed by atoms with Gasteiger partial charge in [-0.2, -0.15) is 13.2 Å². The maximum absolute atomic E-state index is 13.6. The molecule has 118 valence electrons. The lowest BCUT2D eigenvalue weighted by molar-refractivity contribution is -0.137. The molecule has 1 aromatic heterocycles. The first-order valence-electron chi connectivity index (χ1n) is 5.48. The van der Waals surface area contributed by atoms with Crippen LogP contribution in [0.25, 0.3) is 0 Å². The minimum Gasteiger partial charge on any atom is -0.343 e. The normalized spacial score (nSPS) is 11.8. The minimum atomic E-state index is -4.69. The maximum atomic E-state index is 13.6. The molecule has 0 unspecified atom stereocenters. The van der Waals surface area contributed by atoms with Crippen LogP contribution in [0.3, 0.4) is 0 Å². The third-order valence-corrected chi connectivity index (χ3v) is 3.67. The van der Waals surface area contributed by atoms with Crippen molar-refractivity contribution in [2.45, 2.75) is 12.6 Å². The Morgan fingerprint density at radius 2 is 1.95 bits per heavy atom. The molecule has 0 bridgehead atoms. The van der Waals surface area contributed by atoms with Gasteiger partial charge in [-0.15, -0.1) is 5.10 Å². The molecule has 11 heteroatoms. The van der Waals surface area contributed by atoms with Crippen molar-refractivity contribution in [1.82, 2.24) is 9.59 Å². The first-order chi connectivity index (χ1) is 10.2. The topological polar surface area (TPSA) is 37.8 Å². The van der Waals surface area contributed by atoms with E-state index in [0.29, 0.717) is 17.6 Å². The van der Waals surface area contributed by atoms with Gasteiger partial charge in [0.1, 0.15) is 15.7 Å². The molecule has 2 rings (SSSR count). The highest BCUT2D eigenvalue weighted by Gasteiger charge is 2.31. The third-order valence-electron chi connectivity index (χ3n) is 2.47. The average molecular weight is 357 g/mol. The van der Waals surface area contributed by atoms with E-state index in [1.54, 1.807) is 0 Å². The van der Waals surface area contributed by atoms with Gasteiger partial charge < -0.3 is 5.32 Å². The Morgan fingerprint density at radius 3 is 2.50 bits per heavy atom. The zero-order valence-corrected chi connectivity index (χ0v) is 11.9. The highest BCUT2D eigenvalue weighted by atomic mass is 32.1. The van der Waals surface area contributed by atoms with Crippen molar-refractivity contribution in [3.8, 4) is 0 Å². The summed E-state index contributed by atoms with van der Waals surface area (Å²) in [4.78, 5) is -0.478. The number of thiocarbonyl (C=S) groups is 1. The highest BCUT2D eigenvalue weighted by molar-refractivity contribution is 7.81. The summed E-state index contributed by atoms with van der Waals surface area (Å²) in [5, 5.41) is 5.47. The second-order valence-electron chi connectivity index (χ2n) is 3.93. The van der Waals surface area contributed by atoms with Gasteiger partial charge in [-0.25, -0.2) is 13.2 Å². The number of alkyl halides is 5. The highest BCUT2D eigenvalue weighted by Crippen LogP contribution is 2.32. The zero-order valence-electron chi connectivity index (χ0n) is 10.3. The molecule has 22 heavy (non-hydrogen) atoms. The van der Waals surface area contributed by atoms with Gasteiger partial charge in [0.05, 0.1) is 11.3 Å². The number of halogens is 6. The molecule has 1 N–H and O–H groups in total. The lowest BCUT2D eigenvalue weighted by Crippen LogP contribution is -2.13. The first-order valence-corrected chi connectivity index (χ1v) is 6.67. The Hall–Kier alpha value is -1.75. The van der Waals surface area contributed by atoms with Crippen molar-refractivity contribution in [2.75, 3.05) is 5.32 Å².